The topological polar surface area (TPSA) is 52.9 Å². The van der Waals surface area contributed by atoms with Gasteiger partial charge in [0.05, 0.1) is 16.2 Å². The molecular formula is C15H26BNO3S. The van der Waals surface area contributed by atoms with E-state index in [1.54, 1.807) is 39.0 Å². The number of rotatable bonds is 5. The number of hydrogen-bond donors (Lipinski definition) is 2. The maximum Gasteiger partial charge on any atom is 0.492 e. The monoisotopic (exact) mass is 311 g/mol. The fourth-order valence-corrected chi connectivity index (χ4v) is 3.22. The molecule has 0 aliphatic carbocycles. The minimum Gasteiger partial charge on any atom is -0.423 e. The van der Waals surface area contributed by atoms with Crippen molar-refractivity contribution in [1.82, 2.24) is 0 Å². The minimum atomic E-state index is -1.03. The van der Waals surface area contributed by atoms with Gasteiger partial charge in [-0.25, -0.2) is 0 Å². The van der Waals surface area contributed by atoms with Crippen LogP contribution in [0.1, 0.15) is 47.0 Å². The normalized spacial score (nSPS) is 17.1. The summed E-state index contributed by atoms with van der Waals surface area (Å²) in [5.74, 6) is 0. The van der Waals surface area contributed by atoms with Crippen LogP contribution in [0.2, 0.25) is 0 Å². The summed E-state index contributed by atoms with van der Waals surface area (Å²) in [7, 11) is -1.01. The van der Waals surface area contributed by atoms with Crippen LogP contribution in [0.5, 0.6) is 0 Å². The number of nitrogens with zero attached hydrogens (tertiary/aromatic N) is 1. The Bertz CT molecular complexity index is 464. The molecule has 1 saturated heterocycles. The molecule has 0 amide bonds. The molecule has 0 saturated carbocycles. The van der Waals surface area contributed by atoms with Crippen LogP contribution in [0, 0.1) is 0 Å². The average Bonchev–Trinajstić information content (AvgIpc) is 2.87. The van der Waals surface area contributed by atoms with Crippen LogP contribution in [0.25, 0.3) is 0 Å². The number of anilines is 1. The largest absolute Gasteiger partial charge is 0.492 e. The van der Waals surface area contributed by atoms with E-state index in [-0.39, 0.29) is 0 Å². The zero-order valence-corrected chi connectivity index (χ0v) is 14.2. The van der Waals surface area contributed by atoms with Crippen molar-refractivity contribution < 1.29 is 14.8 Å². The molecule has 2 heterocycles. The maximum atomic E-state index is 10.3. The van der Waals surface area contributed by atoms with E-state index in [1.165, 1.54) is 24.3 Å². The molecule has 0 aromatic carbocycles. The third-order valence-corrected chi connectivity index (χ3v) is 5.45. The second-order valence-corrected chi connectivity index (χ2v) is 7.70. The smallest absolute Gasteiger partial charge is 0.423 e. The van der Waals surface area contributed by atoms with E-state index in [0.717, 1.165) is 18.6 Å². The van der Waals surface area contributed by atoms with Gasteiger partial charge in [0, 0.05) is 13.1 Å². The number of hydrogen-bond acceptors (Lipinski definition) is 5. The van der Waals surface area contributed by atoms with Crippen LogP contribution >= 0.6 is 11.3 Å². The Morgan fingerprint density at radius 3 is 2.38 bits per heavy atom. The second-order valence-electron chi connectivity index (χ2n) is 6.81. The van der Waals surface area contributed by atoms with Crippen molar-refractivity contribution in [1.29, 1.82) is 0 Å². The Morgan fingerprint density at radius 1 is 1.19 bits per heavy atom. The summed E-state index contributed by atoms with van der Waals surface area (Å²) in [5.41, 5.74) is -1.10. The molecule has 0 bridgehead atoms. The molecule has 118 valence electrons. The summed E-state index contributed by atoms with van der Waals surface area (Å²) in [6.45, 7) is 9.12. The van der Waals surface area contributed by atoms with Gasteiger partial charge in [-0.3, -0.25) is 0 Å². The lowest BCUT2D eigenvalue weighted by molar-refractivity contribution is -0.0982. The second kappa shape index (κ2) is 6.28. The van der Waals surface area contributed by atoms with Crippen molar-refractivity contribution in [2.75, 3.05) is 18.0 Å². The summed E-state index contributed by atoms with van der Waals surface area (Å²) in [5, 5.41) is 23.5. The predicted molar refractivity (Wildman–Crippen MR) is 89.5 cm³/mol. The van der Waals surface area contributed by atoms with Crippen molar-refractivity contribution in [3.05, 3.63) is 11.4 Å². The highest BCUT2D eigenvalue weighted by Crippen LogP contribution is 2.27. The van der Waals surface area contributed by atoms with Gasteiger partial charge in [0.15, 0.2) is 0 Å². The Labute approximate surface area is 131 Å². The first-order valence-corrected chi connectivity index (χ1v) is 8.50. The molecule has 1 aliphatic rings. The first-order chi connectivity index (χ1) is 9.71. The zero-order chi connectivity index (χ0) is 15.7. The van der Waals surface area contributed by atoms with Crippen molar-refractivity contribution in [2.45, 2.75) is 58.2 Å². The zero-order valence-electron chi connectivity index (χ0n) is 13.4. The fraction of sp³-hybridized carbons (Fsp3) is 0.733. The molecule has 0 unspecified atom stereocenters. The molecule has 21 heavy (non-hydrogen) atoms. The summed E-state index contributed by atoms with van der Waals surface area (Å²) < 4.78 is 5.68. The lowest BCUT2D eigenvalue weighted by Crippen LogP contribution is -2.52. The van der Waals surface area contributed by atoms with E-state index in [0.29, 0.717) is 0 Å². The molecule has 0 spiro atoms. The first kappa shape index (κ1) is 16.8. The van der Waals surface area contributed by atoms with Crippen LogP contribution in [0.15, 0.2) is 11.4 Å². The van der Waals surface area contributed by atoms with Gasteiger partial charge < -0.3 is 19.7 Å². The summed E-state index contributed by atoms with van der Waals surface area (Å²) >= 11 is 1.64. The summed E-state index contributed by atoms with van der Waals surface area (Å²) in [4.78, 5) is 2.37. The SMILES string of the molecule is CC(C)(O)C(C)(C)OB(O)c1csc(N2CCCCC2)c1. The van der Waals surface area contributed by atoms with Crippen molar-refractivity contribution in [3.8, 4) is 0 Å². The fourth-order valence-electron chi connectivity index (χ4n) is 2.24. The van der Waals surface area contributed by atoms with Gasteiger partial charge in [0.25, 0.3) is 0 Å². The highest BCUT2D eigenvalue weighted by molar-refractivity contribution is 7.15. The van der Waals surface area contributed by atoms with Crippen molar-refractivity contribution >= 4 is 28.9 Å². The third kappa shape index (κ3) is 4.00. The molecule has 1 aromatic heterocycles. The van der Waals surface area contributed by atoms with Crippen LogP contribution in [0.3, 0.4) is 0 Å². The van der Waals surface area contributed by atoms with Crippen LogP contribution < -0.4 is 10.4 Å². The quantitative estimate of drug-likeness (QED) is 0.817. The molecule has 1 fully saturated rings. The Balaban J connectivity index is 2.03. The Hall–Kier alpha value is -0.555. The molecule has 4 nitrogen and oxygen atoms in total. The lowest BCUT2D eigenvalue weighted by atomic mass is 9.78. The van der Waals surface area contributed by atoms with Crippen LogP contribution in [0.4, 0.5) is 5.00 Å². The lowest BCUT2D eigenvalue weighted by Gasteiger charge is -2.38. The van der Waals surface area contributed by atoms with Gasteiger partial charge in [-0.15, -0.1) is 11.3 Å². The molecule has 0 radical (unpaired) electrons. The van der Waals surface area contributed by atoms with E-state index < -0.39 is 18.3 Å². The molecule has 6 heteroatoms. The van der Waals surface area contributed by atoms with E-state index in [1.807, 2.05) is 11.4 Å². The van der Waals surface area contributed by atoms with Gasteiger partial charge in [0.1, 0.15) is 0 Å². The van der Waals surface area contributed by atoms with E-state index in [4.69, 9.17) is 4.65 Å². The molecule has 2 rings (SSSR count). The van der Waals surface area contributed by atoms with Gasteiger partial charge in [-0.2, -0.15) is 0 Å². The third-order valence-electron chi connectivity index (χ3n) is 4.44. The number of piperidine rings is 1. The molecule has 1 aromatic rings. The number of aliphatic hydroxyl groups is 1. The highest BCUT2D eigenvalue weighted by atomic mass is 32.1. The van der Waals surface area contributed by atoms with E-state index in [2.05, 4.69) is 4.90 Å². The first-order valence-electron chi connectivity index (χ1n) is 7.62. The van der Waals surface area contributed by atoms with Gasteiger partial charge in [-0.1, -0.05) is 0 Å². The van der Waals surface area contributed by atoms with Gasteiger partial charge in [-0.05, 0) is 63.9 Å². The molecule has 2 N–H and O–H groups in total. The van der Waals surface area contributed by atoms with Crippen LogP contribution in [-0.4, -0.2) is 41.5 Å². The maximum absolute atomic E-state index is 10.3. The van der Waals surface area contributed by atoms with Gasteiger partial charge >= 0.3 is 7.12 Å². The predicted octanol–water partition coefficient (Wildman–Crippen LogP) is 1.99. The van der Waals surface area contributed by atoms with Crippen molar-refractivity contribution in [3.63, 3.8) is 0 Å². The Morgan fingerprint density at radius 2 is 1.81 bits per heavy atom. The number of thiophene rings is 1. The van der Waals surface area contributed by atoms with Crippen molar-refractivity contribution in [2.24, 2.45) is 0 Å². The Kier molecular flexibility index (Phi) is 5.03. The highest BCUT2D eigenvalue weighted by Gasteiger charge is 2.39. The molecule has 0 atom stereocenters. The summed E-state index contributed by atoms with van der Waals surface area (Å²) in [6.07, 6.45) is 3.77. The standard InChI is InChI=1S/C15H26BNO3S/c1-14(2,18)15(3,4)20-16(19)12-10-13(21-11-12)17-8-6-5-7-9-17/h10-11,18-19H,5-9H2,1-4H3. The summed E-state index contributed by atoms with van der Waals surface area (Å²) in [6, 6.07) is 2.00. The average molecular weight is 311 g/mol. The van der Waals surface area contributed by atoms with Crippen LogP contribution in [-0.2, 0) is 4.65 Å². The van der Waals surface area contributed by atoms with E-state index in [9.17, 15) is 10.1 Å². The van der Waals surface area contributed by atoms with Gasteiger partial charge in [0.2, 0.25) is 0 Å². The molecule has 1 aliphatic heterocycles. The minimum absolute atomic E-state index is 0.762. The molecular weight excluding hydrogens is 285 g/mol. The van der Waals surface area contributed by atoms with E-state index >= 15 is 0 Å².